The van der Waals surface area contributed by atoms with Gasteiger partial charge in [0.2, 0.25) is 0 Å². The molecule has 0 unspecified atom stereocenters. The first-order valence-corrected chi connectivity index (χ1v) is 7.14. The van der Waals surface area contributed by atoms with Crippen molar-refractivity contribution < 1.29 is 0 Å². The SMILES string of the molecule is CC(C)c1ccc2nc(C(C)(C)C)cc(CC#N)c2c1. The number of fused-ring (bicyclic) bond motifs is 1. The normalized spacial score (nSPS) is 11.8. The first-order chi connectivity index (χ1) is 9.32. The fourth-order valence-corrected chi connectivity index (χ4v) is 2.29. The summed E-state index contributed by atoms with van der Waals surface area (Å²) in [5.74, 6) is 0.483. The van der Waals surface area contributed by atoms with Crippen LogP contribution in [0.25, 0.3) is 10.9 Å². The van der Waals surface area contributed by atoms with Crippen LogP contribution in [0.15, 0.2) is 24.3 Å². The van der Waals surface area contributed by atoms with E-state index in [1.54, 1.807) is 0 Å². The maximum Gasteiger partial charge on any atom is 0.0708 e. The van der Waals surface area contributed by atoms with Crippen molar-refractivity contribution in [1.29, 1.82) is 5.26 Å². The number of nitriles is 1. The zero-order chi connectivity index (χ0) is 14.9. The summed E-state index contributed by atoms with van der Waals surface area (Å²) in [5.41, 5.74) is 4.42. The van der Waals surface area contributed by atoms with E-state index in [4.69, 9.17) is 10.2 Å². The number of pyridine rings is 1. The molecular weight excluding hydrogens is 244 g/mol. The Hall–Kier alpha value is -1.88. The molecule has 0 fully saturated rings. The van der Waals surface area contributed by atoms with Gasteiger partial charge in [0.15, 0.2) is 0 Å². The molecule has 2 nitrogen and oxygen atoms in total. The van der Waals surface area contributed by atoms with Gasteiger partial charge in [-0.2, -0.15) is 5.26 Å². The lowest BCUT2D eigenvalue weighted by molar-refractivity contribution is 0.571. The molecule has 20 heavy (non-hydrogen) atoms. The molecular formula is C18H22N2. The fraction of sp³-hybridized carbons (Fsp3) is 0.444. The molecule has 0 saturated carbocycles. The number of hydrogen-bond acceptors (Lipinski definition) is 2. The lowest BCUT2D eigenvalue weighted by atomic mass is 9.89. The molecule has 2 heteroatoms. The van der Waals surface area contributed by atoms with Crippen LogP contribution in [0.3, 0.4) is 0 Å². The smallest absolute Gasteiger partial charge is 0.0708 e. The quantitative estimate of drug-likeness (QED) is 0.788. The van der Waals surface area contributed by atoms with Gasteiger partial charge in [0.25, 0.3) is 0 Å². The van der Waals surface area contributed by atoms with Crippen LogP contribution >= 0.6 is 0 Å². The van der Waals surface area contributed by atoms with Crippen LogP contribution in [-0.4, -0.2) is 4.98 Å². The molecule has 0 saturated heterocycles. The van der Waals surface area contributed by atoms with Gasteiger partial charge in [-0.05, 0) is 35.2 Å². The van der Waals surface area contributed by atoms with Crippen LogP contribution in [0.4, 0.5) is 0 Å². The summed E-state index contributed by atoms with van der Waals surface area (Å²) in [5, 5.41) is 10.2. The summed E-state index contributed by atoms with van der Waals surface area (Å²) in [6, 6.07) is 10.8. The highest BCUT2D eigenvalue weighted by molar-refractivity contribution is 5.83. The molecule has 0 radical (unpaired) electrons. The predicted octanol–water partition coefficient (Wildman–Crippen LogP) is 4.72. The van der Waals surface area contributed by atoms with Gasteiger partial charge < -0.3 is 0 Å². The molecule has 0 bridgehead atoms. The Labute approximate surface area is 121 Å². The second-order valence-corrected chi connectivity index (χ2v) is 6.68. The van der Waals surface area contributed by atoms with Gasteiger partial charge in [-0.15, -0.1) is 0 Å². The molecule has 2 aromatic rings. The third-order valence-corrected chi connectivity index (χ3v) is 3.62. The minimum absolute atomic E-state index is 0.00485. The highest BCUT2D eigenvalue weighted by atomic mass is 14.7. The standard InChI is InChI=1S/C18H22N2/c1-12(2)13-6-7-16-15(10-13)14(8-9-19)11-17(20-16)18(3,4)5/h6-7,10-12H,8H2,1-5H3. The Bertz CT molecular complexity index is 670. The van der Waals surface area contributed by atoms with E-state index >= 15 is 0 Å². The zero-order valence-electron chi connectivity index (χ0n) is 13.0. The van der Waals surface area contributed by atoms with Crippen molar-refractivity contribution >= 4 is 10.9 Å². The van der Waals surface area contributed by atoms with Crippen LogP contribution in [0.2, 0.25) is 0 Å². The van der Waals surface area contributed by atoms with E-state index in [1.807, 2.05) is 0 Å². The van der Waals surface area contributed by atoms with Crippen LogP contribution in [0, 0.1) is 11.3 Å². The average molecular weight is 266 g/mol. The minimum Gasteiger partial charge on any atom is -0.252 e. The van der Waals surface area contributed by atoms with E-state index in [2.05, 4.69) is 65.0 Å². The van der Waals surface area contributed by atoms with Crippen LogP contribution in [0.5, 0.6) is 0 Å². The first kappa shape index (κ1) is 14.5. The topological polar surface area (TPSA) is 36.7 Å². The maximum atomic E-state index is 9.08. The molecule has 1 heterocycles. The second-order valence-electron chi connectivity index (χ2n) is 6.68. The fourth-order valence-electron chi connectivity index (χ4n) is 2.29. The lowest BCUT2D eigenvalue weighted by Crippen LogP contribution is -2.14. The van der Waals surface area contributed by atoms with Crippen molar-refractivity contribution in [2.45, 2.75) is 52.4 Å². The summed E-state index contributed by atoms with van der Waals surface area (Å²) >= 11 is 0. The van der Waals surface area contributed by atoms with Gasteiger partial charge in [0.05, 0.1) is 18.0 Å². The summed E-state index contributed by atoms with van der Waals surface area (Å²) in [6.45, 7) is 10.8. The Morgan fingerprint density at radius 2 is 1.90 bits per heavy atom. The molecule has 1 aromatic heterocycles. The predicted molar refractivity (Wildman–Crippen MR) is 83.8 cm³/mol. The van der Waals surface area contributed by atoms with Crippen molar-refractivity contribution in [3.63, 3.8) is 0 Å². The van der Waals surface area contributed by atoms with Crippen molar-refractivity contribution in [1.82, 2.24) is 4.98 Å². The number of benzene rings is 1. The van der Waals surface area contributed by atoms with E-state index in [1.165, 1.54) is 5.56 Å². The summed E-state index contributed by atoms with van der Waals surface area (Å²) in [6.07, 6.45) is 0.434. The van der Waals surface area contributed by atoms with Crippen molar-refractivity contribution in [3.05, 3.63) is 41.1 Å². The minimum atomic E-state index is -0.00485. The van der Waals surface area contributed by atoms with Gasteiger partial charge in [-0.3, -0.25) is 4.98 Å². The van der Waals surface area contributed by atoms with Gasteiger partial charge in [0, 0.05) is 16.5 Å². The van der Waals surface area contributed by atoms with Crippen molar-refractivity contribution in [2.24, 2.45) is 0 Å². The first-order valence-electron chi connectivity index (χ1n) is 7.14. The van der Waals surface area contributed by atoms with Crippen molar-refractivity contribution in [3.8, 4) is 6.07 Å². The highest BCUT2D eigenvalue weighted by Crippen LogP contribution is 2.28. The summed E-state index contributed by atoms with van der Waals surface area (Å²) in [7, 11) is 0. The zero-order valence-corrected chi connectivity index (χ0v) is 13.0. The molecule has 1 aromatic carbocycles. The van der Waals surface area contributed by atoms with E-state index in [9.17, 15) is 0 Å². The molecule has 0 spiro atoms. The molecule has 0 aliphatic heterocycles. The summed E-state index contributed by atoms with van der Waals surface area (Å²) in [4.78, 5) is 4.78. The third-order valence-electron chi connectivity index (χ3n) is 3.62. The van der Waals surface area contributed by atoms with E-state index in [0.29, 0.717) is 12.3 Å². The van der Waals surface area contributed by atoms with Crippen LogP contribution in [0.1, 0.15) is 57.4 Å². The molecule has 104 valence electrons. The number of aromatic nitrogens is 1. The lowest BCUT2D eigenvalue weighted by Gasteiger charge is -2.20. The maximum absolute atomic E-state index is 9.08. The molecule has 0 aliphatic rings. The number of hydrogen-bond donors (Lipinski definition) is 0. The largest absolute Gasteiger partial charge is 0.252 e. The monoisotopic (exact) mass is 266 g/mol. The van der Waals surface area contributed by atoms with E-state index in [0.717, 1.165) is 22.2 Å². The number of nitrogens with zero attached hydrogens (tertiary/aromatic N) is 2. The van der Waals surface area contributed by atoms with Crippen LogP contribution < -0.4 is 0 Å². The van der Waals surface area contributed by atoms with Gasteiger partial charge in [-0.1, -0.05) is 40.7 Å². The van der Waals surface area contributed by atoms with Crippen molar-refractivity contribution in [2.75, 3.05) is 0 Å². The third kappa shape index (κ3) is 2.82. The molecule has 0 amide bonds. The Balaban J connectivity index is 2.72. The number of rotatable bonds is 2. The molecule has 0 aliphatic carbocycles. The highest BCUT2D eigenvalue weighted by Gasteiger charge is 2.18. The van der Waals surface area contributed by atoms with Crippen LogP contribution in [-0.2, 0) is 11.8 Å². The Morgan fingerprint density at radius 1 is 1.20 bits per heavy atom. The van der Waals surface area contributed by atoms with Gasteiger partial charge in [-0.25, -0.2) is 0 Å². The van der Waals surface area contributed by atoms with E-state index < -0.39 is 0 Å². The Morgan fingerprint density at radius 3 is 2.45 bits per heavy atom. The van der Waals surface area contributed by atoms with Gasteiger partial charge >= 0.3 is 0 Å². The summed E-state index contributed by atoms with van der Waals surface area (Å²) < 4.78 is 0. The molecule has 0 atom stereocenters. The van der Waals surface area contributed by atoms with Gasteiger partial charge in [0.1, 0.15) is 0 Å². The average Bonchev–Trinajstić information content (AvgIpc) is 2.37. The molecule has 2 rings (SSSR count). The second kappa shape index (κ2) is 5.25. The molecule has 0 N–H and O–H groups in total. The van der Waals surface area contributed by atoms with E-state index in [-0.39, 0.29) is 5.41 Å². The Kier molecular flexibility index (Phi) is 3.81.